The summed E-state index contributed by atoms with van der Waals surface area (Å²) in [6, 6.07) is 20.8. The molecule has 2 aromatic heterocycles. The van der Waals surface area contributed by atoms with Crippen molar-refractivity contribution < 1.29 is 4.39 Å². The summed E-state index contributed by atoms with van der Waals surface area (Å²) in [5, 5.41) is 4.24. The molecular formula is C20H15FN4. The molecule has 2 heterocycles. The fourth-order valence-corrected chi connectivity index (χ4v) is 2.70. The average Bonchev–Trinajstić information content (AvgIpc) is 3.00. The second-order valence-corrected chi connectivity index (χ2v) is 5.66. The minimum absolute atomic E-state index is 0.222. The second kappa shape index (κ2) is 6.28. The smallest absolute Gasteiger partial charge is 0.158 e. The molecule has 0 spiro atoms. The van der Waals surface area contributed by atoms with Crippen molar-refractivity contribution in [2.45, 2.75) is 6.92 Å². The third-order valence-corrected chi connectivity index (χ3v) is 3.84. The zero-order chi connectivity index (χ0) is 17.2. The number of nitrogens with zero attached hydrogens (tertiary/aromatic N) is 4. The number of aromatic nitrogens is 3. The van der Waals surface area contributed by atoms with Gasteiger partial charge in [0, 0.05) is 17.2 Å². The van der Waals surface area contributed by atoms with Gasteiger partial charge in [-0.2, -0.15) is 5.10 Å². The first kappa shape index (κ1) is 15.2. The summed E-state index contributed by atoms with van der Waals surface area (Å²) in [6.07, 6.45) is 1.57. The maximum absolute atomic E-state index is 14.5. The van der Waals surface area contributed by atoms with Gasteiger partial charge in [0.2, 0.25) is 0 Å². The lowest BCUT2D eigenvalue weighted by atomic mass is 10.0. The van der Waals surface area contributed by atoms with Crippen LogP contribution in [0.5, 0.6) is 0 Å². The minimum Gasteiger partial charge on any atom is -0.243 e. The van der Waals surface area contributed by atoms with Gasteiger partial charge in [0.25, 0.3) is 0 Å². The lowest BCUT2D eigenvalue weighted by Gasteiger charge is -2.08. The number of halogens is 1. The predicted octanol–water partition coefficient (Wildman–Crippen LogP) is 4.35. The maximum Gasteiger partial charge on any atom is 0.158 e. The predicted molar refractivity (Wildman–Crippen MR) is 95.9 cm³/mol. The number of hydrogen-bond donors (Lipinski definition) is 0. The Morgan fingerprint density at radius 1 is 0.960 bits per heavy atom. The Kier molecular flexibility index (Phi) is 3.82. The fourth-order valence-electron chi connectivity index (χ4n) is 2.70. The molecule has 0 fully saturated rings. The van der Waals surface area contributed by atoms with E-state index in [9.17, 15) is 4.39 Å². The Bertz CT molecular complexity index is 1010. The highest BCUT2D eigenvalue weighted by atomic mass is 19.1. The Labute approximate surface area is 144 Å². The van der Waals surface area contributed by atoms with Crippen LogP contribution >= 0.6 is 0 Å². The van der Waals surface area contributed by atoms with Gasteiger partial charge in [0.05, 0.1) is 11.9 Å². The van der Waals surface area contributed by atoms with Gasteiger partial charge in [0.1, 0.15) is 11.5 Å². The van der Waals surface area contributed by atoms with Gasteiger partial charge in [0.15, 0.2) is 11.5 Å². The van der Waals surface area contributed by atoms with Crippen molar-refractivity contribution in [1.82, 2.24) is 14.6 Å². The van der Waals surface area contributed by atoms with Crippen molar-refractivity contribution in [2.75, 3.05) is 0 Å². The molecule has 2 aromatic carbocycles. The molecule has 0 amide bonds. The number of benzene rings is 2. The topological polar surface area (TPSA) is 42.5 Å². The first-order valence-electron chi connectivity index (χ1n) is 7.93. The number of rotatable bonds is 3. The van der Waals surface area contributed by atoms with Crippen molar-refractivity contribution in [3.8, 4) is 0 Å². The minimum atomic E-state index is -0.427. The maximum atomic E-state index is 14.5. The molecule has 0 saturated heterocycles. The van der Waals surface area contributed by atoms with Gasteiger partial charge in [-0.3, -0.25) is 0 Å². The Morgan fingerprint density at radius 2 is 1.56 bits per heavy atom. The molecule has 4 nitrogen and oxygen atoms in total. The van der Waals surface area contributed by atoms with Crippen LogP contribution in [-0.2, 0) is 0 Å². The summed E-state index contributed by atoms with van der Waals surface area (Å²) in [5.41, 5.74) is 3.23. The Balaban J connectivity index is 1.91. The highest BCUT2D eigenvalue weighted by Gasteiger charge is 2.11. The molecular weight excluding hydrogens is 315 g/mol. The molecule has 122 valence electrons. The highest BCUT2D eigenvalue weighted by Crippen LogP contribution is 2.22. The zero-order valence-electron chi connectivity index (χ0n) is 13.6. The van der Waals surface area contributed by atoms with Crippen LogP contribution in [0.3, 0.4) is 0 Å². The molecule has 4 rings (SSSR count). The molecule has 0 radical (unpaired) electrons. The van der Waals surface area contributed by atoms with Crippen LogP contribution in [0.1, 0.15) is 17.0 Å². The van der Waals surface area contributed by atoms with E-state index in [1.807, 2.05) is 60.7 Å². The lowest BCUT2D eigenvalue weighted by molar-refractivity contribution is 0.627. The van der Waals surface area contributed by atoms with E-state index >= 15 is 0 Å². The van der Waals surface area contributed by atoms with E-state index in [1.165, 1.54) is 6.07 Å². The van der Waals surface area contributed by atoms with E-state index in [-0.39, 0.29) is 5.69 Å². The Morgan fingerprint density at radius 3 is 2.16 bits per heavy atom. The van der Waals surface area contributed by atoms with E-state index in [0.29, 0.717) is 17.2 Å². The van der Waals surface area contributed by atoms with E-state index in [1.54, 1.807) is 17.6 Å². The summed E-state index contributed by atoms with van der Waals surface area (Å²) in [5.74, 6) is 0.163. The van der Waals surface area contributed by atoms with Gasteiger partial charge in [-0.05, 0) is 6.92 Å². The average molecular weight is 330 g/mol. The van der Waals surface area contributed by atoms with Gasteiger partial charge in [-0.25, -0.2) is 18.9 Å². The monoisotopic (exact) mass is 330 g/mol. The van der Waals surface area contributed by atoms with Gasteiger partial charge < -0.3 is 0 Å². The molecule has 0 saturated carbocycles. The summed E-state index contributed by atoms with van der Waals surface area (Å²) < 4.78 is 16.1. The molecule has 0 bridgehead atoms. The van der Waals surface area contributed by atoms with Crippen LogP contribution < -0.4 is 0 Å². The second-order valence-electron chi connectivity index (χ2n) is 5.66. The van der Waals surface area contributed by atoms with Crippen LogP contribution in [0.15, 0.2) is 77.9 Å². The SMILES string of the molecule is Cc1nc2cc(F)c(N=C(c3ccccc3)c3ccccc3)cn2n1. The van der Waals surface area contributed by atoms with Crippen LogP contribution in [-0.4, -0.2) is 20.3 Å². The normalized spacial score (nSPS) is 10.8. The van der Waals surface area contributed by atoms with Gasteiger partial charge >= 0.3 is 0 Å². The standard InChI is InChI=1S/C20H15FN4/c1-14-22-19-12-17(21)18(13-25(19)24-14)23-20(15-8-4-2-5-9-15)16-10-6-3-7-11-16/h2-13H,1H3. The van der Waals surface area contributed by atoms with Crippen molar-refractivity contribution in [3.05, 3.63) is 95.7 Å². The lowest BCUT2D eigenvalue weighted by Crippen LogP contribution is -2.03. The molecule has 0 N–H and O–H groups in total. The third-order valence-electron chi connectivity index (χ3n) is 3.84. The van der Waals surface area contributed by atoms with Gasteiger partial charge in [-0.15, -0.1) is 0 Å². The molecule has 0 unspecified atom stereocenters. The number of fused-ring (bicyclic) bond motifs is 1. The molecule has 0 aliphatic heterocycles. The van der Waals surface area contributed by atoms with E-state index < -0.39 is 5.82 Å². The number of aliphatic imine (C=N–C) groups is 1. The third kappa shape index (κ3) is 3.04. The molecule has 0 aliphatic carbocycles. The molecule has 0 atom stereocenters. The molecule has 4 aromatic rings. The summed E-state index contributed by atoms with van der Waals surface area (Å²) in [4.78, 5) is 8.79. The van der Waals surface area contributed by atoms with E-state index in [4.69, 9.17) is 0 Å². The summed E-state index contributed by atoms with van der Waals surface area (Å²) in [7, 11) is 0. The van der Waals surface area contributed by atoms with E-state index in [0.717, 1.165) is 11.1 Å². The first-order valence-corrected chi connectivity index (χ1v) is 7.93. The molecule has 25 heavy (non-hydrogen) atoms. The molecule has 0 aliphatic rings. The zero-order valence-corrected chi connectivity index (χ0v) is 13.6. The van der Waals surface area contributed by atoms with E-state index in [2.05, 4.69) is 15.1 Å². The Hall–Kier alpha value is -3.34. The van der Waals surface area contributed by atoms with Crippen LogP contribution in [0.4, 0.5) is 10.1 Å². The number of hydrogen-bond acceptors (Lipinski definition) is 3. The summed E-state index contributed by atoms with van der Waals surface area (Å²) >= 11 is 0. The van der Waals surface area contributed by atoms with Crippen molar-refractivity contribution in [2.24, 2.45) is 4.99 Å². The number of pyridine rings is 1. The number of aryl methyl sites for hydroxylation is 1. The fraction of sp³-hybridized carbons (Fsp3) is 0.0500. The van der Waals surface area contributed by atoms with Crippen molar-refractivity contribution in [1.29, 1.82) is 0 Å². The largest absolute Gasteiger partial charge is 0.243 e. The van der Waals surface area contributed by atoms with Gasteiger partial charge in [-0.1, -0.05) is 60.7 Å². The highest BCUT2D eigenvalue weighted by molar-refractivity contribution is 6.13. The first-order chi connectivity index (χ1) is 12.2. The summed E-state index contributed by atoms with van der Waals surface area (Å²) in [6.45, 7) is 1.77. The quantitative estimate of drug-likeness (QED) is 0.524. The molecule has 5 heteroatoms. The van der Waals surface area contributed by atoms with Crippen LogP contribution in [0.2, 0.25) is 0 Å². The van der Waals surface area contributed by atoms with Crippen LogP contribution in [0, 0.1) is 12.7 Å². The van der Waals surface area contributed by atoms with Crippen LogP contribution in [0.25, 0.3) is 5.65 Å². The van der Waals surface area contributed by atoms with Crippen molar-refractivity contribution >= 4 is 17.0 Å². The van der Waals surface area contributed by atoms with Crippen molar-refractivity contribution in [3.63, 3.8) is 0 Å².